The van der Waals surface area contributed by atoms with Crippen molar-refractivity contribution in [3.8, 4) is 0 Å². The highest BCUT2D eigenvalue weighted by atomic mass is 32.2. The SMILES string of the molecule is NCC1CCN(S(=O)(=O)c2ccc3c(c2)C(=O)c2cc(S(=O)(=O)N4CCC(CN)CC4)ccc2C3=O)CC1. The van der Waals surface area contributed by atoms with Crippen LogP contribution in [-0.4, -0.2) is 76.3 Å². The van der Waals surface area contributed by atoms with Crippen LogP contribution in [0.3, 0.4) is 0 Å². The third kappa shape index (κ3) is 4.63. The maximum absolute atomic E-state index is 13.5. The second-order valence-corrected chi connectivity index (χ2v) is 14.1. The molecule has 0 radical (unpaired) electrons. The summed E-state index contributed by atoms with van der Waals surface area (Å²) in [6.07, 6.45) is 2.64. The Morgan fingerprint density at radius 3 is 1.29 bits per heavy atom. The molecule has 2 fully saturated rings. The Hall–Kier alpha value is -2.48. The molecule has 0 aromatic heterocycles. The summed E-state index contributed by atoms with van der Waals surface area (Å²) in [5, 5.41) is 0. The number of hydrogen-bond acceptors (Lipinski definition) is 8. The Balaban J connectivity index is 1.46. The zero-order valence-corrected chi connectivity index (χ0v) is 22.6. The first-order chi connectivity index (χ1) is 18.1. The van der Waals surface area contributed by atoms with Gasteiger partial charge in [-0.2, -0.15) is 8.61 Å². The molecule has 4 N–H and O–H groups in total. The van der Waals surface area contributed by atoms with Gasteiger partial charge in [0.15, 0.2) is 11.6 Å². The first kappa shape index (κ1) is 27.1. The molecule has 10 nitrogen and oxygen atoms in total. The van der Waals surface area contributed by atoms with Gasteiger partial charge in [0.1, 0.15) is 0 Å². The standard InChI is InChI=1S/C26H32N4O6S2/c27-15-17-5-9-29(10-6-17)37(33,34)19-1-3-21-23(13-19)26(32)24-14-20(2-4-22(24)25(21)31)38(35,36)30-11-7-18(16-28)8-12-30/h1-4,13-14,17-18H,5-12,15-16,27-28H2. The summed E-state index contributed by atoms with van der Waals surface area (Å²) in [6, 6.07) is 7.91. The summed E-state index contributed by atoms with van der Waals surface area (Å²) >= 11 is 0. The lowest BCUT2D eigenvalue weighted by atomic mass is 9.84. The van der Waals surface area contributed by atoms with E-state index >= 15 is 0 Å². The third-order valence-corrected chi connectivity index (χ3v) is 11.8. The number of nitrogens with two attached hydrogens (primary N) is 2. The number of nitrogens with zero attached hydrogens (tertiary/aromatic N) is 2. The minimum Gasteiger partial charge on any atom is -0.330 e. The molecule has 12 heteroatoms. The fourth-order valence-corrected chi connectivity index (χ4v) is 8.49. The van der Waals surface area contributed by atoms with Crippen LogP contribution in [0.5, 0.6) is 0 Å². The summed E-state index contributed by atoms with van der Waals surface area (Å²) in [5.74, 6) is -0.473. The molecule has 2 aromatic rings. The van der Waals surface area contributed by atoms with Crippen molar-refractivity contribution < 1.29 is 26.4 Å². The van der Waals surface area contributed by atoms with E-state index in [0.29, 0.717) is 65.0 Å². The zero-order valence-electron chi connectivity index (χ0n) is 21.0. The average Bonchev–Trinajstić information content (AvgIpc) is 2.95. The first-order valence-corrected chi connectivity index (χ1v) is 15.7. The van der Waals surface area contributed by atoms with Crippen LogP contribution < -0.4 is 11.5 Å². The summed E-state index contributed by atoms with van der Waals surface area (Å²) in [5.41, 5.74) is 11.6. The van der Waals surface area contributed by atoms with E-state index in [2.05, 4.69) is 0 Å². The minimum absolute atomic E-state index is 0.0428. The smallest absolute Gasteiger partial charge is 0.243 e. The van der Waals surface area contributed by atoms with Gasteiger partial charge in [-0.3, -0.25) is 9.59 Å². The first-order valence-electron chi connectivity index (χ1n) is 12.9. The van der Waals surface area contributed by atoms with Gasteiger partial charge in [0, 0.05) is 48.4 Å². The van der Waals surface area contributed by atoms with E-state index in [0.717, 1.165) is 0 Å². The van der Waals surface area contributed by atoms with E-state index in [1.165, 1.54) is 45.0 Å². The molecule has 0 unspecified atom stereocenters. The van der Waals surface area contributed by atoms with Crippen LogP contribution in [0, 0.1) is 11.8 Å². The summed E-state index contributed by atoms with van der Waals surface area (Å²) in [4.78, 5) is 26.6. The quantitative estimate of drug-likeness (QED) is 0.454. The number of hydrogen-bond donors (Lipinski definition) is 2. The van der Waals surface area contributed by atoms with Crippen molar-refractivity contribution in [2.24, 2.45) is 23.3 Å². The van der Waals surface area contributed by atoms with Gasteiger partial charge in [-0.15, -0.1) is 0 Å². The maximum Gasteiger partial charge on any atom is 0.243 e. The van der Waals surface area contributed by atoms with Crippen LogP contribution in [0.25, 0.3) is 0 Å². The number of sulfonamides is 2. The molecule has 0 saturated carbocycles. The molecule has 2 aliphatic heterocycles. The van der Waals surface area contributed by atoms with Gasteiger partial charge in [-0.25, -0.2) is 16.8 Å². The summed E-state index contributed by atoms with van der Waals surface area (Å²) < 4.78 is 56.0. The molecule has 0 amide bonds. The number of fused-ring (bicyclic) bond motifs is 2. The van der Waals surface area contributed by atoms with Crippen molar-refractivity contribution in [2.75, 3.05) is 39.3 Å². The Bertz CT molecular complexity index is 1380. The normalized spacial score (nSPS) is 20.4. The zero-order chi connectivity index (χ0) is 27.2. The van der Waals surface area contributed by atoms with Crippen molar-refractivity contribution in [2.45, 2.75) is 35.5 Å². The van der Waals surface area contributed by atoms with E-state index in [-0.39, 0.29) is 43.9 Å². The lowest BCUT2D eigenvalue weighted by Gasteiger charge is -2.31. The van der Waals surface area contributed by atoms with E-state index in [9.17, 15) is 26.4 Å². The van der Waals surface area contributed by atoms with E-state index in [1.54, 1.807) is 0 Å². The van der Waals surface area contributed by atoms with Crippen LogP contribution in [0.4, 0.5) is 0 Å². The van der Waals surface area contributed by atoms with Crippen LogP contribution in [0.1, 0.15) is 57.5 Å². The van der Waals surface area contributed by atoms with E-state index < -0.39 is 31.6 Å². The van der Waals surface area contributed by atoms with Gasteiger partial charge in [0.05, 0.1) is 9.79 Å². The van der Waals surface area contributed by atoms with Gasteiger partial charge in [-0.1, -0.05) is 0 Å². The predicted molar refractivity (Wildman–Crippen MR) is 141 cm³/mol. The molecule has 0 atom stereocenters. The van der Waals surface area contributed by atoms with Crippen LogP contribution in [-0.2, 0) is 20.0 Å². The average molecular weight is 561 g/mol. The number of benzene rings is 2. The van der Waals surface area contributed by atoms with Gasteiger partial charge in [-0.05, 0) is 87.0 Å². The fraction of sp³-hybridized carbons (Fsp3) is 0.462. The predicted octanol–water partition coefficient (Wildman–Crippen LogP) is 1.18. The van der Waals surface area contributed by atoms with Crippen LogP contribution in [0.15, 0.2) is 46.2 Å². The Morgan fingerprint density at radius 1 is 0.605 bits per heavy atom. The molecule has 38 heavy (non-hydrogen) atoms. The molecule has 1 aliphatic carbocycles. The molecule has 2 heterocycles. The van der Waals surface area contributed by atoms with Crippen molar-refractivity contribution in [1.82, 2.24) is 8.61 Å². The Labute approximate surface area is 223 Å². The number of ketones is 2. The van der Waals surface area contributed by atoms with Gasteiger partial charge in [0.2, 0.25) is 20.0 Å². The fourth-order valence-electron chi connectivity index (χ4n) is 5.50. The van der Waals surface area contributed by atoms with Crippen molar-refractivity contribution in [3.63, 3.8) is 0 Å². The second kappa shape index (κ2) is 10.2. The highest BCUT2D eigenvalue weighted by Crippen LogP contribution is 2.33. The number of piperidine rings is 2. The lowest BCUT2D eigenvalue weighted by molar-refractivity contribution is 0.0978. The molecule has 2 aromatic carbocycles. The van der Waals surface area contributed by atoms with E-state index in [1.807, 2.05) is 0 Å². The summed E-state index contributed by atoms with van der Waals surface area (Å²) in [6.45, 7) is 2.35. The molecule has 3 aliphatic rings. The van der Waals surface area contributed by atoms with Crippen molar-refractivity contribution in [1.29, 1.82) is 0 Å². The van der Waals surface area contributed by atoms with E-state index in [4.69, 9.17) is 11.5 Å². The van der Waals surface area contributed by atoms with Crippen molar-refractivity contribution in [3.05, 3.63) is 58.7 Å². The van der Waals surface area contributed by atoms with Crippen molar-refractivity contribution >= 4 is 31.6 Å². The maximum atomic E-state index is 13.5. The topological polar surface area (TPSA) is 161 Å². The molecule has 0 spiro atoms. The minimum atomic E-state index is -3.88. The Kier molecular flexibility index (Phi) is 7.31. The molecule has 0 bridgehead atoms. The summed E-state index contributed by atoms with van der Waals surface area (Å²) in [7, 11) is -7.76. The lowest BCUT2D eigenvalue weighted by Crippen LogP contribution is -2.40. The highest BCUT2D eigenvalue weighted by molar-refractivity contribution is 7.89. The van der Waals surface area contributed by atoms with Crippen LogP contribution >= 0.6 is 0 Å². The van der Waals surface area contributed by atoms with Gasteiger partial charge >= 0.3 is 0 Å². The van der Waals surface area contributed by atoms with Gasteiger partial charge in [0.25, 0.3) is 0 Å². The van der Waals surface area contributed by atoms with Gasteiger partial charge < -0.3 is 11.5 Å². The van der Waals surface area contributed by atoms with Crippen LogP contribution in [0.2, 0.25) is 0 Å². The number of rotatable bonds is 6. The molecular weight excluding hydrogens is 528 g/mol. The Morgan fingerprint density at radius 2 is 0.947 bits per heavy atom. The number of carbonyl (C=O) groups is 2. The third-order valence-electron chi connectivity index (χ3n) is 8.05. The number of carbonyl (C=O) groups excluding carboxylic acids is 2. The molecular formula is C26H32N4O6S2. The second-order valence-electron chi connectivity index (χ2n) is 10.2. The highest BCUT2D eigenvalue weighted by Gasteiger charge is 2.36. The molecule has 204 valence electrons. The largest absolute Gasteiger partial charge is 0.330 e. The molecule has 5 rings (SSSR count). The monoisotopic (exact) mass is 560 g/mol. The molecule has 2 saturated heterocycles.